The second-order valence-corrected chi connectivity index (χ2v) is 4.37. The van der Waals surface area contributed by atoms with Crippen LogP contribution in [0.25, 0.3) is 0 Å². The summed E-state index contributed by atoms with van der Waals surface area (Å²) in [5, 5.41) is 3.18. The van der Waals surface area contributed by atoms with E-state index in [9.17, 15) is 9.18 Å². The summed E-state index contributed by atoms with van der Waals surface area (Å²) in [7, 11) is 1.31. The van der Waals surface area contributed by atoms with Gasteiger partial charge >= 0.3 is 5.97 Å². The van der Waals surface area contributed by atoms with Gasteiger partial charge in [0, 0.05) is 12.2 Å². The lowest BCUT2D eigenvalue weighted by molar-refractivity contribution is -0.142. The van der Waals surface area contributed by atoms with Crippen LogP contribution in [0.15, 0.2) is 48.5 Å². The van der Waals surface area contributed by atoms with Crippen LogP contribution in [-0.2, 0) is 16.1 Å². The molecule has 4 nitrogen and oxygen atoms in total. The third kappa shape index (κ3) is 4.80. The van der Waals surface area contributed by atoms with E-state index in [1.54, 1.807) is 18.2 Å². The summed E-state index contributed by atoms with van der Waals surface area (Å²) in [6, 6.07) is 13.6. The van der Waals surface area contributed by atoms with Crippen LogP contribution >= 0.6 is 0 Å². The van der Waals surface area contributed by atoms with Crippen LogP contribution < -0.4 is 10.1 Å². The maximum atomic E-state index is 13.0. The zero-order valence-corrected chi connectivity index (χ0v) is 11.6. The molecule has 0 unspecified atom stereocenters. The molecule has 0 aliphatic rings. The molecule has 0 aliphatic carbocycles. The molecule has 0 saturated heterocycles. The molecule has 0 saturated carbocycles. The molecule has 0 radical (unpaired) electrons. The van der Waals surface area contributed by atoms with Crippen LogP contribution in [0.3, 0.4) is 0 Å². The molecule has 0 bridgehead atoms. The largest absolute Gasteiger partial charge is 0.482 e. The number of esters is 1. The SMILES string of the molecule is COC(=O)COc1ccc(NCc2cccc(F)c2)cc1. The minimum absolute atomic E-state index is 0.118. The molecule has 0 spiro atoms. The Morgan fingerprint density at radius 3 is 2.62 bits per heavy atom. The van der Waals surface area contributed by atoms with E-state index in [4.69, 9.17) is 4.74 Å². The first kappa shape index (κ1) is 14.8. The van der Waals surface area contributed by atoms with E-state index in [1.807, 2.05) is 18.2 Å². The predicted octanol–water partition coefficient (Wildman–Crippen LogP) is 2.99. The maximum absolute atomic E-state index is 13.0. The molecule has 0 amide bonds. The van der Waals surface area contributed by atoms with Gasteiger partial charge in [0.2, 0.25) is 0 Å². The van der Waals surface area contributed by atoms with Crippen LogP contribution in [0.4, 0.5) is 10.1 Å². The van der Waals surface area contributed by atoms with E-state index < -0.39 is 5.97 Å². The number of nitrogens with one attached hydrogen (secondary N) is 1. The Balaban J connectivity index is 1.86. The van der Waals surface area contributed by atoms with Gasteiger partial charge in [0.05, 0.1) is 7.11 Å². The first-order valence-electron chi connectivity index (χ1n) is 6.45. The van der Waals surface area contributed by atoms with E-state index in [0.717, 1.165) is 11.3 Å². The predicted molar refractivity (Wildman–Crippen MR) is 77.7 cm³/mol. The summed E-state index contributed by atoms with van der Waals surface area (Å²) in [5.41, 5.74) is 1.74. The molecule has 0 fully saturated rings. The highest BCUT2D eigenvalue weighted by Crippen LogP contribution is 2.16. The van der Waals surface area contributed by atoms with Crippen LogP contribution in [0.2, 0.25) is 0 Å². The number of benzene rings is 2. The lowest BCUT2D eigenvalue weighted by atomic mass is 10.2. The Labute approximate surface area is 122 Å². The minimum atomic E-state index is -0.427. The number of anilines is 1. The summed E-state index contributed by atoms with van der Waals surface area (Å²) < 4.78 is 22.8. The van der Waals surface area contributed by atoms with Crippen molar-refractivity contribution in [1.82, 2.24) is 0 Å². The lowest BCUT2D eigenvalue weighted by Gasteiger charge is -2.08. The number of methoxy groups -OCH3 is 1. The van der Waals surface area contributed by atoms with Gasteiger partial charge in [-0.2, -0.15) is 0 Å². The van der Waals surface area contributed by atoms with Crippen molar-refractivity contribution in [3.63, 3.8) is 0 Å². The standard InChI is InChI=1S/C16H16FNO3/c1-20-16(19)11-21-15-7-5-14(6-8-15)18-10-12-3-2-4-13(17)9-12/h2-9,18H,10-11H2,1H3. The fraction of sp³-hybridized carbons (Fsp3) is 0.188. The van der Waals surface area contributed by atoms with Crippen LogP contribution in [-0.4, -0.2) is 19.7 Å². The number of carbonyl (C=O) groups is 1. The van der Waals surface area contributed by atoms with Crippen LogP contribution in [0.5, 0.6) is 5.75 Å². The van der Waals surface area contributed by atoms with E-state index >= 15 is 0 Å². The summed E-state index contributed by atoms with van der Waals surface area (Å²) in [5.74, 6) is -0.0964. The topological polar surface area (TPSA) is 47.6 Å². The Hall–Kier alpha value is -2.56. The molecule has 0 aliphatic heterocycles. The van der Waals surface area contributed by atoms with Crippen LogP contribution in [0.1, 0.15) is 5.56 Å². The third-order valence-electron chi connectivity index (χ3n) is 2.82. The van der Waals surface area contributed by atoms with Gasteiger partial charge in [-0.05, 0) is 42.0 Å². The molecule has 0 atom stereocenters. The second-order valence-electron chi connectivity index (χ2n) is 4.37. The molecule has 2 aromatic carbocycles. The monoisotopic (exact) mass is 289 g/mol. The fourth-order valence-electron chi connectivity index (χ4n) is 1.72. The Kier molecular flexibility index (Phi) is 5.15. The fourth-order valence-corrected chi connectivity index (χ4v) is 1.72. The maximum Gasteiger partial charge on any atom is 0.343 e. The molecule has 2 aromatic rings. The first-order valence-corrected chi connectivity index (χ1v) is 6.45. The minimum Gasteiger partial charge on any atom is -0.482 e. The molecule has 1 N–H and O–H groups in total. The molecule has 0 heterocycles. The average Bonchev–Trinajstić information content (AvgIpc) is 2.51. The first-order chi connectivity index (χ1) is 10.2. The molecule has 21 heavy (non-hydrogen) atoms. The second kappa shape index (κ2) is 7.28. The third-order valence-corrected chi connectivity index (χ3v) is 2.82. The average molecular weight is 289 g/mol. The van der Waals surface area contributed by atoms with Crippen molar-refractivity contribution in [3.05, 3.63) is 59.9 Å². The van der Waals surface area contributed by atoms with E-state index in [-0.39, 0.29) is 12.4 Å². The van der Waals surface area contributed by atoms with Gasteiger partial charge in [-0.15, -0.1) is 0 Å². The quantitative estimate of drug-likeness (QED) is 0.831. The highest BCUT2D eigenvalue weighted by atomic mass is 19.1. The zero-order chi connectivity index (χ0) is 15.1. The van der Waals surface area contributed by atoms with Crippen molar-refractivity contribution in [2.24, 2.45) is 0 Å². The van der Waals surface area contributed by atoms with Gasteiger partial charge in [-0.1, -0.05) is 12.1 Å². The van der Waals surface area contributed by atoms with Crippen molar-refractivity contribution in [1.29, 1.82) is 0 Å². The molecule has 2 rings (SSSR count). The number of hydrogen-bond acceptors (Lipinski definition) is 4. The zero-order valence-electron chi connectivity index (χ0n) is 11.6. The van der Waals surface area contributed by atoms with Crippen molar-refractivity contribution in [3.8, 4) is 5.75 Å². The summed E-state index contributed by atoms with van der Waals surface area (Å²) in [6.07, 6.45) is 0. The van der Waals surface area contributed by atoms with Crippen LogP contribution in [0, 0.1) is 5.82 Å². The van der Waals surface area contributed by atoms with Gasteiger partial charge < -0.3 is 14.8 Å². The van der Waals surface area contributed by atoms with Crippen molar-refractivity contribution >= 4 is 11.7 Å². The van der Waals surface area contributed by atoms with Gasteiger partial charge in [0.1, 0.15) is 11.6 Å². The molecule has 110 valence electrons. The number of halogens is 1. The van der Waals surface area contributed by atoms with Gasteiger partial charge in [-0.3, -0.25) is 0 Å². The Bertz CT molecular complexity index is 599. The number of ether oxygens (including phenoxy) is 2. The van der Waals surface area contributed by atoms with E-state index in [0.29, 0.717) is 12.3 Å². The molecular formula is C16H16FNO3. The molecule has 5 heteroatoms. The summed E-state index contributed by atoms with van der Waals surface area (Å²) >= 11 is 0. The number of hydrogen-bond donors (Lipinski definition) is 1. The van der Waals surface area contributed by atoms with Gasteiger partial charge in [-0.25, -0.2) is 9.18 Å². The van der Waals surface area contributed by atoms with Crippen molar-refractivity contribution in [2.75, 3.05) is 19.0 Å². The highest BCUT2D eigenvalue weighted by molar-refractivity contribution is 5.70. The number of rotatable bonds is 6. The highest BCUT2D eigenvalue weighted by Gasteiger charge is 2.02. The van der Waals surface area contributed by atoms with Gasteiger partial charge in [0.15, 0.2) is 6.61 Å². The van der Waals surface area contributed by atoms with E-state index in [1.165, 1.54) is 19.2 Å². The van der Waals surface area contributed by atoms with E-state index in [2.05, 4.69) is 10.1 Å². The smallest absolute Gasteiger partial charge is 0.343 e. The van der Waals surface area contributed by atoms with Gasteiger partial charge in [0.25, 0.3) is 0 Å². The molecule has 0 aromatic heterocycles. The van der Waals surface area contributed by atoms with Crippen molar-refractivity contribution in [2.45, 2.75) is 6.54 Å². The Morgan fingerprint density at radius 2 is 1.95 bits per heavy atom. The van der Waals surface area contributed by atoms with Crippen molar-refractivity contribution < 1.29 is 18.7 Å². The normalized spacial score (nSPS) is 10.0. The lowest BCUT2D eigenvalue weighted by Crippen LogP contribution is -2.12. The number of carbonyl (C=O) groups excluding carboxylic acids is 1. The molecular weight excluding hydrogens is 273 g/mol. The Morgan fingerprint density at radius 1 is 1.19 bits per heavy atom. The summed E-state index contributed by atoms with van der Waals surface area (Å²) in [4.78, 5) is 10.9. The summed E-state index contributed by atoms with van der Waals surface area (Å²) in [6.45, 7) is 0.409.